The van der Waals surface area contributed by atoms with Crippen LogP contribution in [0.5, 0.6) is 11.5 Å². The Hall–Kier alpha value is -2.28. The van der Waals surface area contributed by atoms with Crippen molar-refractivity contribution in [2.75, 3.05) is 51.8 Å². The van der Waals surface area contributed by atoms with Gasteiger partial charge in [-0.15, -0.1) is 0 Å². The average molecular weight is 377 g/mol. The first-order valence-corrected chi connectivity index (χ1v) is 9.69. The predicted octanol–water partition coefficient (Wildman–Crippen LogP) is 2.37. The van der Waals surface area contributed by atoms with Gasteiger partial charge in [0, 0.05) is 24.8 Å². The lowest BCUT2D eigenvalue weighted by molar-refractivity contribution is -0.133. The van der Waals surface area contributed by atoms with Crippen LogP contribution >= 0.6 is 0 Å². The van der Waals surface area contributed by atoms with Crippen LogP contribution in [-0.2, 0) is 9.59 Å². The van der Waals surface area contributed by atoms with Crippen molar-refractivity contribution < 1.29 is 19.1 Å². The van der Waals surface area contributed by atoms with Crippen LogP contribution in [0.4, 0.5) is 5.69 Å². The number of nitrogens with one attached hydrogen (secondary N) is 1. The van der Waals surface area contributed by atoms with Gasteiger partial charge in [0.25, 0.3) is 0 Å². The molecule has 1 aliphatic rings. The fraction of sp³-hybridized carbons (Fsp3) is 0.600. The molecule has 7 nitrogen and oxygen atoms in total. The summed E-state index contributed by atoms with van der Waals surface area (Å²) in [5.74, 6) is 1.17. The van der Waals surface area contributed by atoms with Crippen molar-refractivity contribution in [3.63, 3.8) is 0 Å². The zero-order valence-corrected chi connectivity index (χ0v) is 16.6. The molecule has 0 spiro atoms. The van der Waals surface area contributed by atoms with Gasteiger partial charge in [0.2, 0.25) is 11.8 Å². The minimum atomic E-state index is -0.171. The smallest absolute Gasteiger partial charge is 0.238 e. The number of amides is 2. The summed E-state index contributed by atoms with van der Waals surface area (Å²) in [5.41, 5.74) is 0.641. The number of ether oxygens (including phenoxy) is 2. The van der Waals surface area contributed by atoms with E-state index < -0.39 is 0 Å². The maximum absolute atomic E-state index is 12.3. The second-order valence-electron chi connectivity index (χ2n) is 6.69. The van der Waals surface area contributed by atoms with Gasteiger partial charge in [-0.3, -0.25) is 14.5 Å². The van der Waals surface area contributed by atoms with Crippen LogP contribution in [0.3, 0.4) is 0 Å². The highest BCUT2D eigenvalue weighted by molar-refractivity contribution is 5.93. The molecule has 1 aliphatic heterocycles. The summed E-state index contributed by atoms with van der Waals surface area (Å²) >= 11 is 0. The molecule has 1 saturated heterocycles. The average Bonchev–Trinajstić information content (AvgIpc) is 2.64. The van der Waals surface area contributed by atoms with Gasteiger partial charge in [-0.1, -0.05) is 0 Å². The molecular formula is C20H31N3O4. The van der Waals surface area contributed by atoms with E-state index in [0.29, 0.717) is 30.4 Å². The molecule has 27 heavy (non-hydrogen) atoms. The highest BCUT2D eigenvalue weighted by atomic mass is 16.5. The zero-order chi connectivity index (χ0) is 19.6. The fourth-order valence-electron chi connectivity index (χ4n) is 3.10. The van der Waals surface area contributed by atoms with Crippen molar-refractivity contribution in [2.24, 2.45) is 0 Å². The normalized spacial score (nSPS) is 14.1. The third-order valence-electron chi connectivity index (χ3n) is 4.35. The largest absolute Gasteiger partial charge is 0.490 e. The van der Waals surface area contributed by atoms with Crippen LogP contribution in [0.1, 0.15) is 33.1 Å². The first kappa shape index (κ1) is 21.0. The Morgan fingerprint density at radius 2 is 1.70 bits per heavy atom. The zero-order valence-electron chi connectivity index (χ0n) is 16.6. The van der Waals surface area contributed by atoms with Crippen LogP contribution in [-0.4, -0.2) is 68.1 Å². The third kappa shape index (κ3) is 6.75. The second-order valence-corrected chi connectivity index (χ2v) is 6.69. The topological polar surface area (TPSA) is 71.1 Å². The Balaban J connectivity index is 1.86. The van der Waals surface area contributed by atoms with E-state index in [1.54, 1.807) is 30.1 Å². The maximum Gasteiger partial charge on any atom is 0.238 e. The number of rotatable bonds is 9. The summed E-state index contributed by atoms with van der Waals surface area (Å²) in [7, 11) is 1.78. The number of piperidine rings is 1. The molecule has 1 fully saturated rings. The van der Waals surface area contributed by atoms with Crippen molar-refractivity contribution in [3.05, 3.63) is 18.2 Å². The maximum atomic E-state index is 12.3. The SMILES string of the molecule is CCOc1ccc(NC(=O)CN(C)CC(=O)N2CCCCC2)cc1OCC. The molecule has 1 aromatic carbocycles. The number of nitrogens with zero attached hydrogens (tertiary/aromatic N) is 2. The van der Waals surface area contributed by atoms with E-state index in [1.165, 1.54) is 6.42 Å². The minimum Gasteiger partial charge on any atom is -0.490 e. The molecule has 0 aromatic heterocycles. The number of carbonyl (C=O) groups is 2. The number of carbonyl (C=O) groups excluding carboxylic acids is 2. The Labute approximate surface area is 161 Å². The van der Waals surface area contributed by atoms with Crippen molar-refractivity contribution in [3.8, 4) is 11.5 Å². The molecule has 0 unspecified atom stereocenters. The van der Waals surface area contributed by atoms with Gasteiger partial charge in [-0.25, -0.2) is 0 Å². The lowest BCUT2D eigenvalue weighted by Crippen LogP contribution is -2.43. The van der Waals surface area contributed by atoms with Crippen molar-refractivity contribution >= 4 is 17.5 Å². The number of anilines is 1. The molecule has 0 bridgehead atoms. The molecule has 0 saturated carbocycles. The lowest BCUT2D eigenvalue weighted by Gasteiger charge is -2.28. The standard InChI is InChI=1S/C20H31N3O4/c1-4-26-17-10-9-16(13-18(17)27-5-2)21-19(24)14-22(3)15-20(25)23-11-7-6-8-12-23/h9-10,13H,4-8,11-12,14-15H2,1-3H3,(H,21,24). The van der Waals surface area contributed by atoms with Gasteiger partial charge in [0.15, 0.2) is 11.5 Å². The van der Waals surface area contributed by atoms with Crippen molar-refractivity contribution in [2.45, 2.75) is 33.1 Å². The predicted molar refractivity (Wildman–Crippen MR) is 105 cm³/mol. The van der Waals surface area contributed by atoms with E-state index in [-0.39, 0.29) is 24.9 Å². The van der Waals surface area contributed by atoms with E-state index in [1.807, 2.05) is 18.7 Å². The van der Waals surface area contributed by atoms with E-state index in [9.17, 15) is 9.59 Å². The Kier molecular flexibility index (Phi) is 8.39. The lowest BCUT2D eigenvalue weighted by atomic mass is 10.1. The minimum absolute atomic E-state index is 0.0877. The van der Waals surface area contributed by atoms with Crippen molar-refractivity contribution in [1.29, 1.82) is 0 Å². The van der Waals surface area contributed by atoms with Crippen LogP contribution in [0, 0.1) is 0 Å². The first-order chi connectivity index (χ1) is 13.0. The number of hydrogen-bond donors (Lipinski definition) is 1. The van der Waals surface area contributed by atoms with Crippen LogP contribution in [0.25, 0.3) is 0 Å². The summed E-state index contributed by atoms with van der Waals surface area (Å²) in [4.78, 5) is 28.2. The molecule has 1 N–H and O–H groups in total. The molecule has 2 rings (SSSR count). The number of likely N-dealkylation sites (tertiary alicyclic amines) is 1. The number of hydrogen-bond acceptors (Lipinski definition) is 5. The van der Waals surface area contributed by atoms with E-state index in [4.69, 9.17) is 9.47 Å². The summed E-state index contributed by atoms with van der Waals surface area (Å²) in [6.45, 7) is 6.91. The van der Waals surface area contributed by atoms with Gasteiger partial charge in [-0.05, 0) is 52.3 Å². The molecule has 2 amide bonds. The number of benzene rings is 1. The molecule has 7 heteroatoms. The Morgan fingerprint density at radius 1 is 1.04 bits per heavy atom. The Morgan fingerprint density at radius 3 is 2.37 bits per heavy atom. The van der Waals surface area contributed by atoms with E-state index in [2.05, 4.69) is 5.32 Å². The Bertz CT molecular complexity index is 630. The highest BCUT2D eigenvalue weighted by Gasteiger charge is 2.19. The molecule has 0 aliphatic carbocycles. The van der Waals surface area contributed by atoms with Gasteiger partial charge in [-0.2, -0.15) is 0 Å². The van der Waals surface area contributed by atoms with Crippen LogP contribution < -0.4 is 14.8 Å². The monoisotopic (exact) mass is 377 g/mol. The number of likely N-dealkylation sites (N-methyl/N-ethyl adjacent to an activating group) is 1. The van der Waals surface area contributed by atoms with E-state index >= 15 is 0 Å². The first-order valence-electron chi connectivity index (χ1n) is 9.69. The summed E-state index contributed by atoms with van der Waals surface area (Å²) < 4.78 is 11.1. The molecule has 1 aromatic rings. The van der Waals surface area contributed by atoms with Gasteiger partial charge >= 0.3 is 0 Å². The van der Waals surface area contributed by atoms with Crippen LogP contribution in [0.2, 0.25) is 0 Å². The van der Waals surface area contributed by atoms with Crippen molar-refractivity contribution in [1.82, 2.24) is 9.80 Å². The van der Waals surface area contributed by atoms with Gasteiger partial charge in [0.1, 0.15) is 0 Å². The summed E-state index contributed by atoms with van der Waals surface area (Å²) in [6.07, 6.45) is 3.32. The van der Waals surface area contributed by atoms with Gasteiger partial charge < -0.3 is 19.7 Å². The highest BCUT2D eigenvalue weighted by Crippen LogP contribution is 2.30. The molecule has 0 radical (unpaired) electrons. The molecule has 0 atom stereocenters. The van der Waals surface area contributed by atoms with Crippen LogP contribution in [0.15, 0.2) is 18.2 Å². The molecule has 150 valence electrons. The second kappa shape index (κ2) is 10.8. The van der Waals surface area contributed by atoms with Gasteiger partial charge in [0.05, 0.1) is 26.3 Å². The third-order valence-corrected chi connectivity index (χ3v) is 4.35. The molecular weight excluding hydrogens is 346 g/mol. The summed E-state index contributed by atoms with van der Waals surface area (Å²) in [5, 5.41) is 2.85. The molecule has 1 heterocycles. The quantitative estimate of drug-likeness (QED) is 0.715. The van der Waals surface area contributed by atoms with E-state index in [0.717, 1.165) is 25.9 Å². The fourth-order valence-corrected chi connectivity index (χ4v) is 3.10. The summed E-state index contributed by atoms with van der Waals surface area (Å²) in [6, 6.07) is 5.32.